The van der Waals surface area contributed by atoms with Crippen molar-refractivity contribution in [3.63, 3.8) is 0 Å². The molecule has 0 atom stereocenters. The van der Waals surface area contributed by atoms with E-state index in [9.17, 15) is 21.6 Å². The molecular weight excluding hydrogens is 387 g/mol. The lowest BCUT2D eigenvalue weighted by Crippen LogP contribution is -2.28. The average molecular weight is 391 g/mol. The Balaban J connectivity index is 2.47. The van der Waals surface area contributed by atoms with Crippen molar-refractivity contribution in [1.82, 2.24) is 4.98 Å². The summed E-state index contributed by atoms with van der Waals surface area (Å²) in [7, 11) is -5.74. The summed E-state index contributed by atoms with van der Waals surface area (Å²) >= 11 is 9.03. The van der Waals surface area contributed by atoms with Gasteiger partial charge in [0.15, 0.2) is 0 Å². The van der Waals surface area contributed by atoms with Crippen molar-refractivity contribution in [2.75, 3.05) is 0 Å². The molecule has 108 valence electrons. The summed E-state index contributed by atoms with van der Waals surface area (Å²) in [6.45, 7) is 0. The van der Waals surface area contributed by atoms with E-state index in [1.54, 1.807) is 0 Å². The first-order valence-electron chi connectivity index (χ1n) is 4.86. The predicted molar refractivity (Wildman–Crippen MR) is 70.1 cm³/mol. The Morgan fingerprint density at radius 1 is 1.30 bits per heavy atom. The molecule has 20 heavy (non-hydrogen) atoms. The van der Waals surface area contributed by atoms with Crippen LogP contribution in [0.25, 0.3) is 10.8 Å². The molecule has 1 aromatic heterocycles. The van der Waals surface area contributed by atoms with Crippen LogP contribution in [0.4, 0.5) is 13.2 Å². The summed E-state index contributed by atoms with van der Waals surface area (Å²) in [5.74, 6) is -0.677. The normalized spacial score (nSPS) is 12.7. The average Bonchev–Trinajstić information content (AvgIpc) is 2.32. The van der Waals surface area contributed by atoms with Gasteiger partial charge in [-0.05, 0) is 27.4 Å². The molecule has 1 heterocycles. The van der Waals surface area contributed by atoms with Gasteiger partial charge in [0, 0.05) is 22.1 Å². The molecule has 4 nitrogen and oxygen atoms in total. The minimum atomic E-state index is -5.74. The molecular formula is C10H4BrClF3NO3S. The van der Waals surface area contributed by atoms with Crippen molar-refractivity contribution in [2.45, 2.75) is 5.51 Å². The molecule has 0 aliphatic carbocycles. The quantitative estimate of drug-likeness (QED) is 0.577. The van der Waals surface area contributed by atoms with Gasteiger partial charge in [-0.15, -0.1) is 0 Å². The Hall–Kier alpha value is -1.06. The van der Waals surface area contributed by atoms with Gasteiger partial charge in [-0.3, -0.25) is 0 Å². The Labute approximate surface area is 124 Å². The van der Waals surface area contributed by atoms with Crippen LogP contribution in [0.1, 0.15) is 0 Å². The number of alkyl halides is 3. The molecule has 2 aromatic rings. The number of benzene rings is 1. The van der Waals surface area contributed by atoms with E-state index in [1.165, 1.54) is 12.1 Å². The maximum atomic E-state index is 12.2. The van der Waals surface area contributed by atoms with Crippen molar-refractivity contribution in [1.29, 1.82) is 0 Å². The second-order valence-electron chi connectivity index (χ2n) is 3.59. The number of nitrogens with zero attached hydrogens (tertiary/aromatic N) is 1. The lowest BCUT2D eigenvalue weighted by Gasteiger charge is -2.09. The van der Waals surface area contributed by atoms with Gasteiger partial charge in [0.2, 0.25) is 5.88 Å². The minimum Gasteiger partial charge on any atom is -0.355 e. The lowest BCUT2D eigenvalue weighted by molar-refractivity contribution is -0.0501. The summed E-state index contributed by atoms with van der Waals surface area (Å²) < 4.78 is 62.7. The lowest BCUT2D eigenvalue weighted by atomic mass is 10.2. The van der Waals surface area contributed by atoms with Crippen LogP contribution in [-0.4, -0.2) is 18.9 Å². The Morgan fingerprint density at radius 3 is 2.55 bits per heavy atom. The highest BCUT2D eigenvalue weighted by atomic mass is 79.9. The predicted octanol–water partition coefficient (Wildman–Crippen LogP) is 3.88. The zero-order chi connectivity index (χ0) is 15.1. The van der Waals surface area contributed by atoms with Crippen LogP contribution < -0.4 is 4.18 Å². The third kappa shape index (κ3) is 2.84. The van der Waals surface area contributed by atoms with Gasteiger partial charge in [0.25, 0.3) is 0 Å². The molecule has 2 rings (SSSR count). The fourth-order valence-electron chi connectivity index (χ4n) is 1.34. The maximum absolute atomic E-state index is 12.2. The van der Waals surface area contributed by atoms with E-state index in [4.69, 9.17) is 11.6 Å². The maximum Gasteiger partial charge on any atom is 0.534 e. The minimum absolute atomic E-state index is 0.385. The summed E-state index contributed by atoms with van der Waals surface area (Å²) in [5, 5.41) is 1.31. The van der Waals surface area contributed by atoms with Crippen LogP contribution in [0, 0.1) is 0 Å². The zero-order valence-corrected chi connectivity index (χ0v) is 12.4. The fourth-order valence-corrected chi connectivity index (χ4v) is 2.38. The summed E-state index contributed by atoms with van der Waals surface area (Å²) in [6, 6.07) is 4.06. The van der Waals surface area contributed by atoms with E-state index in [-0.39, 0.29) is 0 Å². The van der Waals surface area contributed by atoms with Gasteiger partial charge < -0.3 is 4.18 Å². The first-order valence-corrected chi connectivity index (χ1v) is 7.44. The molecule has 0 radical (unpaired) electrons. The summed E-state index contributed by atoms with van der Waals surface area (Å²) in [6.07, 6.45) is 1.16. The van der Waals surface area contributed by atoms with Crippen LogP contribution in [-0.2, 0) is 10.1 Å². The van der Waals surface area contributed by atoms with E-state index in [0.29, 0.717) is 20.3 Å². The van der Waals surface area contributed by atoms with E-state index in [1.807, 2.05) is 0 Å². The fraction of sp³-hybridized carbons (Fsp3) is 0.100. The Bertz CT molecular complexity index is 779. The number of rotatable bonds is 2. The Kier molecular flexibility index (Phi) is 3.87. The molecule has 10 heteroatoms. The number of aromatic nitrogens is 1. The van der Waals surface area contributed by atoms with Crippen LogP contribution in [0.15, 0.2) is 28.9 Å². The number of hydrogen-bond donors (Lipinski definition) is 0. The van der Waals surface area contributed by atoms with Crippen molar-refractivity contribution in [2.24, 2.45) is 0 Å². The van der Waals surface area contributed by atoms with E-state index < -0.39 is 21.5 Å². The third-order valence-electron chi connectivity index (χ3n) is 2.24. The van der Waals surface area contributed by atoms with E-state index in [2.05, 4.69) is 25.1 Å². The zero-order valence-electron chi connectivity index (χ0n) is 9.28. The molecule has 0 saturated carbocycles. The number of pyridine rings is 1. The highest BCUT2D eigenvalue weighted by molar-refractivity contribution is 9.10. The molecule has 1 aromatic carbocycles. The number of hydrogen-bond acceptors (Lipinski definition) is 4. The van der Waals surface area contributed by atoms with Crippen LogP contribution in [0.3, 0.4) is 0 Å². The molecule has 0 aliphatic rings. The van der Waals surface area contributed by atoms with Gasteiger partial charge in [0.05, 0.1) is 5.02 Å². The molecule has 0 aliphatic heterocycles. The molecule has 0 fully saturated rings. The van der Waals surface area contributed by atoms with Gasteiger partial charge in [-0.2, -0.15) is 21.6 Å². The number of fused-ring (bicyclic) bond motifs is 1. The summed E-state index contributed by atoms with van der Waals surface area (Å²) in [4.78, 5) is 3.52. The SMILES string of the molecule is O=S(=O)(Oc1cc2ccc(Cl)c(Br)c2cn1)C(F)(F)F. The van der Waals surface area contributed by atoms with Crippen LogP contribution >= 0.6 is 27.5 Å². The van der Waals surface area contributed by atoms with Gasteiger partial charge in [-0.1, -0.05) is 17.7 Å². The molecule has 0 saturated heterocycles. The highest BCUT2D eigenvalue weighted by Gasteiger charge is 2.48. The molecule has 0 amide bonds. The summed E-state index contributed by atoms with van der Waals surface area (Å²) in [5.41, 5.74) is -5.51. The van der Waals surface area contributed by atoms with E-state index >= 15 is 0 Å². The van der Waals surface area contributed by atoms with Crippen molar-refractivity contribution in [3.8, 4) is 5.88 Å². The van der Waals surface area contributed by atoms with Crippen molar-refractivity contribution >= 4 is 48.4 Å². The van der Waals surface area contributed by atoms with Gasteiger partial charge in [-0.25, -0.2) is 4.98 Å². The third-order valence-corrected chi connectivity index (χ3v) is 4.60. The second-order valence-corrected chi connectivity index (χ2v) is 6.33. The molecule has 0 spiro atoms. The number of halogens is 5. The molecule has 0 N–H and O–H groups in total. The van der Waals surface area contributed by atoms with Gasteiger partial charge in [0.1, 0.15) is 0 Å². The Morgan fingerprint density at radius 2 is 1.95 bits per heavy atom. The monoisotopic (exact) mass is 389 g/mol. The largest absolute Gasteiger partial charge is 0.534 e. The topological polar surface area (TPSA) is 56.3 Å². The smallest absolute Gasteiger partial charge is 0.355 e. The molecule has 0 unspecified atom stereocenters. The van der Waals surface area contributed by atoms with Crippen molar-refractivity contribution < 1.29 is 25.8 Å². The van der Waals surface area contributed by atoms with E-state index in [0.717, 1.165) is 12.3 Å². The highest BCUT2D eigenvalue weighted by Crippen LogP contribution is 2.33. The van der Waals surface area contributed by atoms with Crippen LogP contribution in [0.2, 0.25) is 5.02 Å². The van der Waals surface area contributed by atoms with Crippen molar-refractivity contribution in [3.05, 3.63) is 33.9 Å². The van der Waals surface area contributed by atoms with Gasteiger partial charge >= 0.3 is 15.6 Å². The first-order chi connectivity index (χ1) is 9.12. The van der Waals surface area contributed by atoms with Crippen LogP contribution in [0.5, 0.6) is 5.88 Å². The molecule has 0 bridgehead atoms. The first kappa shape index (κ1) is 15.3. The standard InChI is InChI=1S/C10H4BrClF3NO3S/c11-9-6-4-16-8(3-5(6)1-2-7(9)12)19-20(17,18)10(13,14)15/h1-4H. The second kappa shape index (κ2) is 5.05.